The van der Waals surface area contributed by atoms with Gasteiger partial charge in [-0.05, 0) is 68.1 Å². The Kier molecular flexibility index (Phi) is 3.13. The number of ketones is 2. The molecular weight excluding hydrogens is 279 g/mol. The predicted molar refractivity (Wildman–Crippen MR) is 82.0 cm³/mol. The molecule has 4 aliphatic rings. The fraction of sp³-hybridized carbons (Fsp3) is 0.895. The lowest BCUT2D eigenvalue weighted by Crippen LogP contribution is -2.54. The van der Waals surface area contributed by atoms with Crippen LogP contribution in [0.1, 0.15) is 65.2 Å². The lowest BCUT2D eigenvalue weighted by molar-refractivity contribution is -0.151. The van der Waals surface area contributed by atoms with Crippen molar-refractivity contribution in [2.24, 2.45) is 34.5 Å². The van der Waals surface area contributed by atoms with Crippen molar-refractivity contribution in [3.05, 3.63) is 0 Å². The minimum atomic E-state index is -1.24. The summed E-state index contributed by atoms with van der Waals surface area (Å²) >= 11 is 0. The number of rotatable bonds is 0. The van der Waals surface area contributed by atoms with E-state index in [9.17, 15) is 14.0 Å². The van der Waals surface area contributed by atoms with E-state index in [1.165, 1.54) is 0 Å². The van der Waals surface area contributed by atoms with Crippen LogP contribution in [0, 0.1) is 34.5 Å². The summed E-state index contributed by atoms with van der Waals surface area (Å²) in [5, 5.41) is 0. The number of alkyl halides is 1. The third kappa shape index (κ3) is 1.71. The highest BCUT2D eigenvalue weighted by Crippen LogP contribution is 2.65. The van der Waals surface area contributed by atoms with Crippen LogP contribution in [0.3, 0.4) is 0 Å². The Morgan fingerprint density at radius 2 is 1.82 bits per heavy atom. The highest BCUT2D eigenvalue weighted by Gasteiger charge is 2.63. The van der Waals surface area contributed by atoms with E-state index in [2.05, 4.69) is 6.92 Å². The third-order valence-electron chi connectivity index (χ3n) is 8.09. The quantitative estimate of drug-likeness (QED) is 0.675. The molecular formula is C19H27FO2. The summed E-state index contributed by atoms with van der Waals surface area (Å²) in [4.78, 5) is 24.7. The molecule has 0 N–H and O–H groups in total. The van der Waals surface area contributed by atoms with Gasteiger partial charge in [0.1, 0.15) is 5.78 Å². The summed E-state index contributed by atoms with van der Waals surface area (Å²) in [7, 11) is 0. The zero-order valence-corrected chi connectivity index (χ0v) is 13.7. The van der Waals surface area contributed by atoms with Crippen LogP contribution in [0.4, 0.5) is 4.39 Å². The number of halogens is 1. The van der Waals surface area contributed by atoms with Crippen molar-refractivity contribution >= 4 is 11.6 Å². The number of fused-ring (bicyclic) bond motifs is 5. The Morgan fingerprint density at radius 3 is 2.59 bits per heavy atom. The van der Waals surface area contributed by atoms with Crippen molar-refractivity contribution in [1.82, 2.24) is 0 Å². The van der Waals surface area contributed by atoms with E-state index >= 15 is 0 Å². The molecule has 0 bridgehead atoms. The zero-order valence-electron chi connectivity index (χ0n) is 13.7. The number of hydrogen-bond donors (Lipinski definition) is 0. The topological polar surface area (TPSA) is 34.1 Å². The second-order valence-corrected chi connectivity index (χ2v) is 8.86. The molecule has 0 aromatic rings. The third-order valence-corrected chi connectivity index (χ3v) is 8.09. The number of carbonyl (C=O) groups excluding carboxylic acids is 2. The average molecular weight is 306 g/mol. The van der Waals surface area contributed by atoms with Crippen molar-refractivity contribution in [2.75, 3.05) is 0 Å². The SMILES string of the molecule is C[C@]12CCCC(=O)C1CC[C@@H]1[C@@H]2CC[C@]2(C)C(=O)[C@H](F)C[C@@H]12. The van der Waals surface area contributed by atoms with Gasteiger partial charge in [0.25, 0.3) is 0 Å². The minimum Gasteiger partial charge on any atom is -0.299 e. The van der Waals surface area contributed by atoms with E-state index in [1.54, 1.807) is 0 Å². The molecule has 0 aliphatic heterocycles. The van der Waals surface area contributed by atoms with Crippen molar-refractivity contribution in [3.63, 3.8) is 0 Å². The van der Waals surface area contributed by atoms with Crippen LogP contribution in [0.2, 0.25) is 0 Å². The van der Waals surface area contributed by atoms with Crippen LogP contribution in [0.25, 0.3) is 0 Å². The molecule has 0 amide bonds. The lowest BCUT2D eigenvalue weighted by Gasteiger charge is -2.58. The molecule has 4 saturated carbocycles. The van der Waals surface area contributed by atoms with E-state index < -0.39 is 11.6 Å². The Labute approximate surface area is 132 Å². The molecule has 4 rings (SSSR count). The number of carbonyl (C=O) groups is 2. The first-order valence-corrected chi connectivity index (χ1v) is 9.09. The summed E-state index contributed by atoms with van der Waals surface area (Å²) < 4.78 is 14.1. The second-order valence-electron chi connectivity index (χ2n) is 8.86. The molecule has 0 saturated heterocycles. The van der Waals surface area contributed by atoms with E-state index in [0.717, 1.165) is 44.9 Å². The van der Waals surface area contributed by atoms with E-state index in [-0.39, 0.29) is 23.0 Å². The standard InChI is InChI=1S/C19H27FO2/c1-18-8-3-4-16(21)13(18)6-5-11-12(18)7-9-19(2)14(11)10-15(20)17(19)22/h11-15H,3-10H2,1-2H3/t11-,12+,13?,14+,15-,18-,19+/m1/s1. The first kappa shape index (κ1) is 14.8. The Bertz CT molecular complexity index is 530. The molecule has 3 heteroatoms. The number of Topliss-reactive ketones (excluding diaryl/α,β-unsaturated/α-hetero) is 2. The molecule has 122 valence electrons. The second kappa shape index (κ2) is 4.64. The van der Waals surface area contributed by atoms with Gasteiger partial charge in [0.2, 0.25) is 0 Å². The van der Waals surface area contributed by atoms with Gasteiger partial charge in [-0.25, -0.2) is 4.39 Å². The van der Waals surface area contributed by atoms with E-state index in [0.29, 0.717) is 24.0 Å². The summed E-state index contributed by atoms with van der Waals surface area (Å²) in [5.74, 6) is 1.74. The molecule has 0 aromatic carbocycles. The van der Waals surface area contributed by atoms with Crippen LogP contribution < -0.4 is 0 Å². The van der Waals surface area contributed by atoms with Crippen LogP contribution in [0.5, 0.6) is 0 Å². The summed E-state index contributed by atoms with van der Waals surface area (Å²) in [6.07, 6.45) is 5.93. The van der Waals surface area contributed by atoms with Gasteiger partial charge in [-0.15, -0.1) is 0 Å². The van der Waals surface area contributed by atoms with Gasteiger partial charge >= 0.3 is 0 Å². The zero-order chi connectivity index (χ0) is 15.7. The van der Waals surface area contributed by atoms with Crippen molar-refractivity contribution in [2.45, 2.75) is 71.4 Å². The maximum Gasteiger partial charge on any atom is 0.173 e. The molecule has 4 aliphatic carbocycles. The fourth-order valence-electron chi connectivity index (χ4n) is 6.91. The van der Waals surface area contributed by atoms with E-state index in [1.807, 2.05) is 6.92 Å². The van der Waals surface area contributed by atoms with Gasteiger partial charge in [0.15, 0.2) is 12.0 Å². The molecule has 1 unspecified atom stereocenters. The van der Waals surface area contributed by atoms with Gasteiger partial charge < -0.3 is 0 Å². The molecule has 2 nitrogen and oxygen atoms in total. The van der Waals surface area contributed by atoms with Gasteiger partial charge in [0, 0.05) is 17.8 Å². The first-order chi connectivity index (χ1) is 10.4. The van der Waals surface area contributed by atoms with Gasteiger partial charge in [0.05, 0.1) is 0 Å². The van der Waals surface area contributed by atoms with Crippen molar-refractivity contribution in [1.29, 1.82) is 0 Å². The fourth-order valence-corrected chi connectivity index (χ4v) is 6.91. The van der Waals surface area contributed by atoms with Gasteiger partial charge in [-0.2, -0.15) is 0 Å². The Balaban J connectivity index is 1.68. The van der Waals surface area contributed by atoms with E-state index in [4.69, 9.17) is 0 Å². The first-order valence-electron chi connectivity index (χ1n) is 9.09. The van der Waals surface area contributed by atoms with Crippen molar-refractivity contribution in [3.8, 4) is 0 Å². The van der Waals surface area contributed by atoms with Crippen LogP contribution in [0.15, 0.2) is 0 Å². The lowest BCUT2D eigenvalue weighted by atomic mass is 9.45. The molecule has 0 spiro atoms. The Morgan fingerprint density at radius 1 is 1.05 bits per heavy atom. The molecule has 4 fully saturated rings. The Hall–Kier alpha value is -0.730. The van der Waals surface area contributed by atoms with Crippen LogP contribution >= 0.6 is 0 Å². The monoisotopic (exact) mass is 306 g/mol. The smallest absolute Gasteiger partial charge is 0.173 e. The summed E-state index contributed by atoms with van der Waals surface area (Å²) in [5.41, 5.74) is -0.320. The molecule has 22 heavy (non-hydrogen) atoms. The van der Waals surface area contributed by atoms with Crippen molar-refractivity contribution < 1.29 is 14.0 Å². The molecule has 0 aromatic heterocycles. The minimum absolute atomic E-state index is 0.108. The predicted octanol–water partition coefficient (Wildman–Crippen LogP) is 4.12. The maximum absolute atomic E-state index is 14.1. The highest BCUT2D eigenvalue weighted by molar-refractivity contribution is 5.91. The summed E-state index contributed by atoms with van der Waals surface area (Å²) in [6, 6.07) is 0. The van der Waals surface area contributed by atoms with Crippen LogP contribution in [-0.2, 0) is 9.59 Å². The van der Waals surface area contributed by atoms with Gasteiger partial charge in [-0.3, -0.25) is 9.59 Å². The highest BCUT2D eigenvalue weighted by atomic mass is 19.1. The normalized spacial score (nSPS) is 54.6. The number of hydrogen-bond acceptors (Lipinski definition) is 2. The average Bonchev–Trinajstić information content (AvgIpc) is 2.71. The molecule has 0 radical (unpaired) electrons. The largest absolute Gasteiger partial charge is 0.299 e. The van der Waals surface area contributed by atoms with Gasteiger partial charge in [-0.1, -0.05) is 13.8 Å². The maximum atomic E-state index is 14.1. The molecule has 0 heterocycles. The molecule has 7 atom stereocenters. The van der Waals surface area contributed by atoms with Crippen LogP contribution in [-0.4, -0.2) is 17.7 Å². The summed E-state index contributed by atoms with van der Waals surface area (Å²) in [6.45, 7) is 4.33.